The highest BCUT2D eigenvalue weighted by Gasteiger charge is 2.05. The summed E-state index contributed by atoms with van der Waals surface area (Å²) in [5.41, 5.74) is 1.97. The maximum absolute atomic E-state index is 5.28. The van der Waals surface area contributed by atoms with Crippen molar-refractivity contribution in [3.63, 3.8) is 0 Å². The van der Waals surface area contributed by atoms with Crippen LogP contribution in [0.1, 0.15) is 12.6 Å². The zero-order chi connectivity index (χ0) is 11.4. The standard InChI is InChI=1S/C12H13BrN2O/c1-2-14-8-11-7-12(16-15-11)9-3-5-10(13)6-4-9/h3-7,14H,2,8H2,1H3. The Kier molecular flexibility index (Phi) is 3.74. The largest absolute Gasteiger partial charge is 0.356 e. The van der Waals surface area contributed by atoms with E-state index in [0.717, 1.165) is 34.6 Å². The van der Waals surface area contributed by atoms with Gasteiger partial charge in [-0.05, 0) is 18.7 Å². The van der Waals surface area contributed by atoms with Gasteiger partial charge in [0.1, 0.15) is 0 Å². The molecule has 0 aliphatic rings. The molecule has 0 spiro atoms. The molecule has 0 atom stereocenters. The molecule has 1 aromatic heterocycles. The van der Waals surface area contributed by atoms with E-state index in [2.05, 4.69) is 33.3 Å². The van der Waals surface area contributed by atoms with Crippen LogP contribution in [0.4, 0.5) is 0 Å². The summed E-state index contributed by atoms with van der Waals surface area (Å²) in [6, 6.07) is 9.94. The number of rotatable bonds is 4. The molecular weight excluding hydrogens is 268 g/mol. The molecule has 0 unspecified atom stereocenters. The zero-order valence-corrected chi connectivity index (χ0v) is 10.6. The van der Waals surface area contributed by atoms with Crippen LogP contribution < -0.4 is 5.32 Å². The Bertz CT molecular complexity index is 450. The fourth-order valence-corrected chi connectivity index (χ4v) is 1.66. The fraction of sp³-hybridized carbons (Fsp3) is 0.250. The quantitative estimate of drug-likeness (QED) is 0.935. The van der Waals surface area contributed by atoms with Crippen LogP contribution in [0.2, 0.25) is 0 Å². The van der Waals surface area contributed by atoms with Gasteiger partial charge in [0.15, 0.2) is 5.76 Å². The van der Waals surface area contributed by atoms with Crippen molar-refractivity contribution in [2.75, 3.05) is 6.54 Å². The first kappa shape index (κ1) is 11.4. The van der Waals surface area contributed by atoms with Crippen molar-refractivity contribution in [2.24, 2.45) is 0 Å². The summed E-state index contributed by atoms with van der Waals surface area (Å²) >= 11 is 3.40. The van der Waals surface area contributed by atoms with Crippen molar-refractivity contribution in [3.8, 4) is 11.3 Å². The van der Waals surface area contributed by atoms with Gasteiger partial charge in [-0.3, -0.25) is 0 Å². The van der Waals surface area contributed by atoms with E-state index in [9.17, 15) is 0 Å². The van der Waals surface area contributed by atoms with Gasteiger partial charge in [-0.25, -0.2) is 0 Å². The van der Waals surface area contributed by atoms with Crippen molar-refractivity contribution in [2.45, 2.75) is 13.5 Å². The molecule has 0 bridgehead atoms. The average Bonchev–Trinajstić information content (AvgIpc) is 2.76. The Morgan fingerprint density at radius 3 is 2.75 bits per heavy atom. The maximum atomic E-state index is 5.28. The second-order valence-electron chi connectivity index (χ2n) is 3.47. The van der Waals surface area contributed by atoms with Crippen LogP contribution in [-0.2, 0) is 6.54 Å². The lowest BCUT2D eigenvalue weighted by Crippen LogP contribution is -2.11. The number of hydrogen-bond acceptors (Lipinski definition) is 3. The van der Waals surface area contributed by atoms with Crippen LogP contribution in [0.5, 0.6) is 0 Å². The van der Waals surface area contributed by atoms with E-state index in [1.54, 1.807) is 0 Å². The zero-order valence-electron chi connectivity index (χ0n) is 9.03. The van der Waals surface area contributed by atoms with Crippen molar-refractivity contribution in [1.82, 2.24) is 10.5 Å². The van der Waals surface area contributed by atoms with E-state index < -0.39 is 0 Å². The summed E-state index contributed by atoms with van der Waals surface area (Å²) in [6.45, 7) is 3.74. The predicted octanol–water partition coefficient (Wildman–Crippen LogP) is 3.21. The highest BCUT2D eigenvalue weighted by atomic mass is 79.9. The molecule has 1 heterocycles. The Labute approximate surface area is 103 Å². The van der Waals surface area contributed by atoms with E-state index in [1.165, 1.54) is 0 Å². The van der Waals surface area contributed by atoms with Gasteiger partial charge in [0.25, 0.3) is 0 Å². The predicted molar refractivity (Wildman–Crippen MR) is 67.0 cm³/mol. The fourth-order valence-electron chi connectivity index (χ4n) is 1.40. The third-order valence-corrected chi connectivity index (χ3v) is 2.77. The highest BCUT2D eigenvalue weighted by Crippen LogP contribution is 2.22. The Balaban J connectivity index is 2.15. The second-order valence-corrected chi connectivity index (χ2v) is 4.39. The minimum absolute atomic E-state index is 0.747. The van der Waals surface area contributed by atoms with Crippen molar-refractivity contribution >= 4 is 15.9 Å². The molecule has 2 aromatic rings. The summed E-state index contributed by atoms with van der Waals surface area (Å²) in [5, 5.41) is 7.21. The van der Waals surface area contributed by atoms with E-state index in [4.69, 9.17) is 4.52 Å². The molecule has 2 rings (SSSR count). The summed E-state index contributed by atoms with van der Waals surface area (Å²) in [5.74, 6) is 0.806. The van der Waals surface area contributed by atoms with E-state index in [1.807, 2.05) is 30.3 Å². The normalized spacial score (nSPS) is 10.6. The maximum Gasteiger partial charge on any atom is 0.167 e. The molecule has 16 heavy (non-hydrogen) atoms. The number of nitrogens with one attached hydrogen (secondary N) is 1. The second kappa shape index (κ2) is 5.27. The summed E-state index contributed by atoms with van der Waals surface area (Å²) in [7, 11) is 0. The van der Waals surface area contributed by atoms with Crippen LogP contribution in [0.3, 0.4) is 0 Å². The summed E-state index contributed by atoms with van der Waals surface area (Å²) in [6.07, 6.45) is 0. The number of aromatic nitrogens is 1. The lowest BCUT2D eigenvalue weighted by atomic mass is 10.2. The van der Waals surface area contributed by atoms with Crippen LogP contribution in [0, 0.1) is 0 Å². The smallest absolute Gasteiger partial charge is 0.167 e. The average molecular weight is 281 g/mol. The molecule has 0 radical (unpaired) electrons. The van der Waals surface area contributed by atoms with Gasteiger partial charge in [0.05, 0.1) is 5.69 Å². The molecule has 1 N–H and O–H groups in total. The van der Waals surface area contributed by atoms with Crippen LogP contribution in [-0.4, -0.2) is 11.7 Å². The Morgan fingerprint density at radius 1 is 1.31 bits per heavy atom. The molecule has 84 valence electrons. The third kappa shape index (κ3) is 2.71. The van der Waals surface area contributed by atoms with Gasteiger partial charge in [0, 0.05) is 22.6 Å². The molecule has 4 heteroatoms. The lowest BCUT2D eigenvalue weighted by Gasteiger charge is -1.95. The highest BCUT2D eigenvalue weighted by molar-refractivity contribution is 9.10. The monoisotopic (exact) mass is 280 g/mol. The molecule has 0 saturated heterocycles. The van der Waals surface area contributed by atoms with Gasteiger partial charge in [0.2, 0.25) is 0 Å². The number of nitrogens with zero attached hydrogens (tertiary/aromatic N) is 1. The molecule has 0 fully saturated rings. The summed E-state index contributed by atoms with van der Waals surface area (Å²) in [4.78, 5) is 0. The first-order valence-electron chi connectivity index (χ1n) is 5.22. The van der Waals surface area contributed by atoms with Crippen molar-refractivity contribution in [1.29, 1.82) is 0 Å². The van der Waals surface area contributed by atoms with Crippen LogP contribution >= 0.6 is 15.9 Å². The number of halogens is 1. The Morgan fingerprint density at radius 2 is 2.06 bits per heavy atom. The van der Waals surface area contributed by atoms with Gasteiger partial charge >= 0.3 is 0 Å². The summed E-state index contributed by atoms with van der Waals surface area (Å²) < 4.78 is 6.34. The van der Waals surface area contributed by atoms with Gasteiger partial charge < -0.3 is 9.84 Å². The minimum atomic E-state index is 0.747. The molecule has 0 saturated carbocycles. The first-order valence-corrected chi connectivity index (χ1v) is 6.01. The minimum Gasteiger partial charge on any atom is -0.356 e. The molecule has 3 nitrogen and oxygen atoms in total. The topological polar surface area (TPSA) is 38.1 Å². The van der Waals surface area contributed by atoms with Gasteiger partial charge in [-0.2, -0.15) is 0 Å². The number of hydrogen-bond donors (Lipinski definition) is 1. The van der Waals surface area contributed by atoms with E-state index >= 15 is 0 Å². The molecule has 0 amide bonds. The molecule has 1 aromatic carbocycles. The number of benzene rings is 1. The lowest BCUT2D eigenvalue weighted by molar-refractivity contribution is 0.420. The SMILES string of the molecule is CCNCc1cc(-c2ccc(Br)cc2)on1. The van der Waals surface area contributed by atoms with Crippen molar-refractivity contribution in [3.05, 3.63) is 40.5 Å². The molecule has 0 aliphatic carbocycles. The van der Waals surface area contributed by atoms with Crippen LogP contribution in [0.15, 0.2) is 39.3 Å². The Hall–Kier alpha value is -1.13. The first-order chi connectivity index (χ1) is 7.79. The third-order valence-electron chi connectivity index (χ3n) is 2.24. The van der Waals surface area contributed by atoms with E-state index in [0.29, 0.717) is 0 Å². The van der Waals surface area contributed by atoms with Crippen molar-refractivity contribution < 1.29 is 4.52 Å². The van der Waals surface area contributed by atoms with E-state index in [-0.39, 0.29) is 0 Å². The molecule has 0 aliphatic heterocycles. The van der Waals surface area contributed by atoms with Gasteiger partial charge in [-0.15, -0.1) is 0 Å². The van der Waals surface area contributed by atoms with Crippen LogP contribution in [0.25, 0.3) is 11.3 Å². The molecular formula is C12H13BrN2O. The van der Waals surface area contributed by atoms with Gasteiger partial charge in [-0.1, -0.05) is 40.1 Å².